The lowest BCUT2D eigenvalue weighted by atomic mass is 10.2. The fourth-order valence-electron chi connectivity index (χ4n) is 1.30. The van der Waals surface area contributed by atoms with Crippen molar-refractivity contribution in [2.75, 3.05) is 7.11 Å². The van der Waals surface area contributed by atoms with Crippen molar-refractivity contribution in [3.05, 3.63) is 10.4 Å². The Morgan fingerprint density at radius 1 is 1.75 bits per heavy atom. The fourth-order valence-corrected chi connectivity index (χ4v) is 2.15. The summed E-state index contributed by atoms with van der Waals surface area (Å²) in [5, 5.41) is 11.6. The van der Waals surface area contributed by atoms with Crippen LogP contribution in [0, 0.1) is 5.92 Å². The van der Waals surface area contributed by atoms with Gasteiger partial charge in [0.25, 0.3) is 0 Å². The normalized spacial score (nSPS) is 19.4. The summed E-state index contributed by atoms with van der Waals surface area (Å²) in [4.78, 5) is 3.99. The largest absolute Gasteiger partial charge is 0.493 e. The molecule has 1 N–H and O–H groups in total. The van der Waals surface area contributed by atoms with Crippen LogP contribution in [0.3, 0.4) is 0 Å². The van der Waals surface area contributed by atoms with E-state index in [0.717, 1.165) is 5.01 Å². The third-order valence-corrected chi connectivity index (χ3v) is 2.95. The molecule has 1 unspecified atom stereocenters. The van der Waals surface area contributed by atoms with Gasteiger partial charge in [-0.2, -0.15) is 0 Å². The second kappa shape index (κ2) is 3.03. The van der Waals surface area contributed by atoms with Gasteiger partial charge in [-0.1, -0.05) is 0 Å². The number of ether oxygens (including phenoxy) is 1. The van der Waals surface area contributed by atoms with Crippen LogP contribution in [0.5, 0.6) is 5.88 Å². The predicted molar refractivity (Wildman–Crippen MR) is 46.3 cm³/mol. The minimum Gasteiger partial charge on any atom is -0.493 e. The minimum absolute atomic E-state index is 0.107. The summed E-state index contributed by atoms with van der Waals surface area (Å²) in [6.07, 6.45) is 2.55. The van der Waals surface area contributed by atoms with Crippen molar-refractivity contribution in [2.45, 2.75) is 18.9 Å². The molecule has 12 heavy (non-hydrogen) atoms. The number of nitrogens with zero attached hydrogens (tertiary/aromatic N) is 1. The van der Waals surface area contributed by atoms with Crippen molar-refractivity contribution in [3.63, 3.8) is 0 Å². The molecule has 0 aliphatic heterocycles. The van der Waals surface area contributed by atoms with E-state index in [-0.39, 0.29) is 12.0 Å². The smallest absolute Gasteiger partial charge is 0.222 e. The van der Waals surface area contributed by atoms with Gasteiger partial charge in [0.2, 0.25) is 5.88 Å². The first-order valence-corrected chi connectivity index (χ1v) is 4.86. The van der Waals surface area contributed by atoms with Crippen molar-refractivity contribution in [2.24, 2.45) is 5.92 Å². The molecule has 3 nitrogen and oxygen atoms in total. The summed E-state index contributed by atoms with van der Waals surface area (Å²) in [6.45, 7) is 0. The van der Waals surface area contributed by atoms with Crippen LogP contribution in [-0.2, 0) is 4.74 Å². The number of methoxy groups -OCH3 is 1. The van der Waals surface area contributed by atoms with Gasteiger partial charge >= 0.3 is 0 Å². The molecule has 1 aliphatic carbocycles. The zero-order chi connectivity index (χ0) is 8.55. The number of thiazole rings is 1. The summed E-state index contributed by atoms with van der Waals surface area (Å²) in [6, 6.07) is 0. The highest BCUT2D eigenvalue weighted by atomic mass is 32.1. The molecule has 0 saturated heterocycles. The van der Waals surface area contributed by atoms with Crippen molar-refractivity contribution in [3.8, 4) is 5.88 Å². The lowest BCUT2D eigenvalue weighted by Crippen LogP contribution is -2.02. The Hall–Kier alpha value is -0.610. The molecule has 1 atom stereocenters. The molecule has 1 aromatic rings. The van der Waals surface area contributed by atoms with Crippen LogP contribution in [0.4, 0.5) is 0 Å². The van der Waals surface area contributed by atoms with Gasteiger partial charge in [-0.25, -0.2) is 4.98 Å². The van der Waals surface area contributed by atoms with Gasteiger partial charge in [-0.15, -0.1) is 11.3 Å². The first kappa shape index (κ1) is 8.01. The highest BCUT2D eigenvalue weighted by Crippen LogP contribution is 2.44. The maximum absolute atomic E-state index is 9.04. The van der Waals surface area contributed by atoms with E-state index >= 15 is 0 Å². The van der Waals surface area contributed by atoms with E-state index in [1.54, 1.807) is 12.5 Å². The zero-order valence-electron chi connectivity index (χ0n) is 6.86. The van der Waals surface area contributed by atoms with Gasteiger partial charge in [-0.3, -0.25) is 0 Å². The molecule has 4 heteroatoms. The van der Waals surface area contributed by atoms with Gasteiger partial charge < -0.3 is 9.84 Å². The van der Waals surface area contributed by atoms with Crippen LogP contribution in [0.15, 0.2) is 5.38 Å². The van der Waals surface area contributed by atoms with Gasteiger partial charge in [0.1, 0.15) is 11.1 Å². The first-order valence-electron chi connectivity index (χ1n) is 3.98. The lowest BCUT2D eigenvalue weighted by Gasteiger charge is -2.09. The summed E-state index contributed by atoms with van der Waals surface area (Å²) in [5.41, 5.74) is 0. The third kappa shape index (κ3) is 1.44. The second-order valence-electron chi connectivity index (χ2n) is 3.04. The fraction of sp³-hybridized carbons (Fsp3) is 0.625. The van der Waals surface area contributed by atoms with Gasteiger partial charge in [0.15, 0.2) is 0 Å². The monoisotopic (exact) mass is 185 g/mol. The molecule has 0 bridgehead atoms. The Morgan fingerprint density at radius 2 is 2.50 bits per heavy atom. The van der Waals surface area contributed by atoms with E-state index in [0.29, 0.717) is 5.92 Å². The molecule has 1 fully saturated rings. The summed E-state index contributed by atoms with van der Waals surface area (Å²) in [7, 11) is 1.70. The van der Waals surface area contributed by atoms with Gasteiger partial charge in [-0.05, 0) is 18.8 Å². The van der Waals surface area contributed by atoms with E-state index < -0.39 is 0 Å². The maximum Gasteiger partial charge on any atom is 0.222 e. The molecule has 2 rings (SSSR count). The molecule has 0 spiro atoms. The number of rotatable bonds is 3. The van der Waals surface area contributed by atoms with E-state index in [4.69, 9.17) is 9.84 Å². The van der Waals surface area contributed by atoms with Crippen LogP contribution >= 0.6 is 11.3 Å². The zero-order valence-corrected chi connectivity index (χ0v) is 7.67. The number of hydrogen-bond acceptors (Lipinski definition) is 4. The van der Waals surface area contributed by atoms with Crippen LogP contribution in [0.25, 0.3) is 0 Å². The van der Waals surface area contributed by atoms with E-state index in [9.17, 15) is 0 Å². The standard InChI is InChI=1S/C8H11NO2S/c1-11-7(5-2-3-5)8-9-6(10)4-12-8/h4-5,7,10H,2-3H2,1H3. The summed E-state index contributed by atoms with van der Waals surface area (Å²) >= 11 is 1.46. The molecule has 66 valence electrons. The maximum atomic E-state index is 9.04. The molecular weight excluding hydrogens is 174 g/mol. The molecule has 1 heterocycles. The summed E-state index contributed by atoms with van der Waals surface area (Å²) in [5.74, 6) is 0.734. The minimum atomic E-state index is 0.107. The Bertz CT molecular complexity index is 270. The average Bonchev–Trinajstić information content (AvgIpc) is 2.78. The Labute approximate surface area is 75.0 Å². The molecule has 0 aromatic carbocycles. The Kier molecular flexibility index (Phi) is 2.02. The second-order valence-corrected chi connectivity index (χ2v) is 3.93. The van der Waals surface area contributed by atoms with E-state index in [2.05, 4.69) is 4.98 Å². The third-order valence-electron chi connectivity index (χ3n) is 2.06. The molecule has 1 aromatic heterocycles. The van der Waals surface area contributed by atoms with Crippen molar-refractivity contribution >= 4 is 11.3 Å². The average molecular weight is 185 g/mol. The quantitative estimate of drug-likeness (QED) is 0.782. The van der Waals surface area contributed by atoms with Crippen molar-refractivity contribution in [1.82, 2.24) is 4.98 Å². The highest BCUT2D eigenvalue weighted by molar-refractivity contribution is 7.09. The first-order chi connectivity index (χ1) is 5.81. The topological polar surface area (TPSA) is 42.4 Å². The van der Waals surface area contributed by atoms with Crippen LogP contribution in [0.1, 0.15) is 24.0 Å². The van der Waals surface area contributed by atoms with Crippen LogP contribution < -0.4 is 0 Å². The molecule has 0 radical (unpaired) electrons. The van der Waals surface area contributed by atoms with E-state index in [1.807, 2.05) is 0 Å². The number of hydrogen-bond donors (Lipinski definition) is 1. The number of aromatic hydroxyl groups is 1. The number of aromatic nitrogens is 1. The van der Waals surface area contributed by atoms with Gasteiger partial charge in [0.05, 0.1) is 5.38 Å². The van der Waals surface area contributed by atoms with Crippen LogP contribution in [-0.4, -0.2) is 17.2 Å². The van der Waals surface area contributed by atoms with Crippen molar-refractivity contribution < 1.29 is 9.84 Å². The van der Waals surface area contributed by atoms with E-state index in [1.165, 1.54) is 24.2 Å². The van der Waals surface area contributed by atoms with Crippen LogP contribution in [0.2, 0.25) is 0 Å². The lowest BCUT2D eigenvalue weighted by molar-refractivity contribution is 0.0840. The Morgan fingerprint density at radius 3 is 2.92 bits per heavy atom. The Balaban J connectivity index is 2.15. The van der Waals surface area contributed by atoms with Crippen molar-refractivity contribution in [1.29, 1.82) is 0 Å². The molecular formula is C8H11NO2S. The summed E-state index contributed by atoms with van der Waals surface area (Å²) < 4.78 is 5.31. The molecule has 0 amide bonds. The molecule has 1 aliphatic rings. The predicted octanol–water partition coefficient (Wildman–Crippen LogP) is 1.95. The molecule has 1 saturated carbocycles. The highest BCUT2D eigenvalue weighted by Gasteiger charge is 2.34. The SMILES string of the molecule is COC(c1nc(O)cs1)C1CC1. The van der Waals surface area contributed by atoms with Gasteiger partial charge in [0, 0.05) is 7.11 Å².